The molecule has 0 spiro atoms. The summed E-state index contributed by atoms with van der Waals surface area (Å²) in [5.74, 6) is -0.753. The Morgan fingerprint density at radius 2 is 1.88 bits per heavy atom. The van der Waals surface area contributed by atoms with Gasteiger partial charge in [0, 0.05) is 31.1 Å². The second kappa shape index (κ2) is 6.73. The van der Waals surface area contributed by atoms with Gasteiger partial charge in [-0.05, 0) is 18.2 Å². The molecule has 1 amide bonds. The Hall–Kier alpha value is -3.20. The van der Waals surface area contributed by atoms with E-state index in [0.717, 1.165) is 11.8 Å². The standard InChI is InChI=1S/C16H15N5O3S/c1-20-12-15(10-17-20)25(23,24)19-16(22)8-7-13-9-18-21(11-13)14-5-3-2-4-6-14/h2-12H,1H3,(H,19,22)/b8-7+. The number of aryl methyl sites for hydroxylation is 1. The van der Waals surface area contributed by atoms with Crippen molar-refractivity contribution < 1.29 is 13.2 Å². The van der Waals surface area contributed by atoms with Gasteiger partial charge in [-0.2, -0.15) is 10.2 Å². The van der Waals surface area contributed by atoms with E-state index in [1.165, 1.54) is 23.2 Å². The lowest BCUT2D eigenvalue weighted by Crippen LogP contribution is -2.28. The summed E-state index contributed by atoms with van der Waals surface area (Å²) >= 11 is 0. The number of nitrogens with one attached hydrogen (secondary N) is 1. The summed E-state index contributed by atoms with van der Waals surface area (Å²) in [6.45, 7) is 0. The molecular weight excluding hydrogens is 342 g/mol. The van der Waals surface area contributed by atoms with E-state index in [4.69, 9.17) is 0 Å². The summed E-state index contributed by atoms with van der Waals surface area (Å²) in [7, 11) is -2.35. The number of para-hydroxylation sites is 1. The highest BCUT2D eigenvalue weighted by atomic mass is 32.2. The topological polar surface area (TPSA) is 98.9 Å². The van der Waals surface area contributed by atoms with E-state index in [0.29, 0.717) is 5.56 Å². The van der Waals surface area contributed by atoms with Crippen LogP contribution in [0.4, 0.5) is 0 Å². The molecule has 0 aliphatic heterocycles. The third-order valence-electron chi connectivity index (χ3n) is 3.28. The molecular formula is C16H15N5O3S. The normalized spacial score (nSPS) is 11.7. The highest BCUT2D eigenvalue weighted by Gasteiger charge is 2.17. The van der Waals surface area contributed by atoms with Crippen molar-refractivity contribution in [2.75, 3.05) is 0 Å². The Balaban J connectivity index is 1.68. The first-order chi connectivity index (χ1) is 11.9. The molecule has 8 nitrogen and oxygen atoms in total. The van der Waals surface area contributed by atoms with Crippen LogP contribution in [-0.4, -0.2) is 33.9 Å². The Kier molecular flexibility index (Phi) is 4.48. The minimum absolute atomic E-state index is 0.0753. The number of benzene rings is 1. The van der Waals surface area contributed by atoms with E-state index < -0.39 is 15.9 Å². The van der Waals surface area contributed by atoms with E-state index in [-0.39, 0.29) is 4.90 Å². The number of hydrogen-bond donors (Lipinski definition) is 1. The van der Waals surface area contributed by atoms with Crippen molar-refractivity contribution in [3.8, 4) is 5.69 Å². The Morgan fingerprint density at radius 3 is 2.56 bits per heavy atom. The van der Waals surface area contributed by atoms with Crippen LogP contribution >= 0.6 is 0 Å². The molecule has 0 radical (unpaired) electrons. The minimum Gasteiger partial charge on any atom is -0.274 e. The summed E-state index contributed by atoms with van der Waals surface area (Å²) in [6, 6.07) is 9.48. The van der Waals surface area contributed by atoms with Crippen molar-refractivity contribution >= 4 is 22.0 Å². The van der Waals surface area contributed by atoms with Gasteiger partial charge in [-0.3, -0.25) is 9.48 Å². The average molecular weight is 357 g/mol. The van der Waals surface area contributed by atoms with Crippen LogP contribution in [0.3, 0.4) is 0 Å². The van der Waals surface area contributed by atoms with E-state index in [2.05, 4.69) is 10.2 Å². The second-order valence-corrected chi connectivity index (χ2v) is 6.89. The molecule has 0 saturated carbocycles. The van der Waals surface area contributed by atoms with Gasteiger partial charge in [0.05, 0.1) is 18.1 Å². The zero-order chi connectivity index (χ0) is 17.9. The van der Waals surface area contributed by atoms with Gasteiger partial charge in [-0.1, -0.05) is 18.2 Å². The predicted octanol–water partition coefficient (Wildman–Crippen LogP) is 1.12. The molecule has 3 aromatic rings. The molecule has 25 heavy (non-hydrogen) atoms. The van der Waals surface area contributed by atoms with E-state index in [1.54, 1.807) is 24.1 Å². The van der Waals surface area contributed by atoms with Gasteiger partial charge in [0.15, 0.2) is 0 Å². The quantitative estimate of drug-likeness (QED) is 0.690. The monoisotopic (exact) mass is 357 g/mol. The third kappa shape index (κ3) is 4.01. The Bertz CT molecular complexity index is 1020. The number of aromatic nitrogens is 4. The molecule has 2 heterocycles. The SMILES string of the molecule is Cn1cc(S(=O)(=O)NC(=O)/C=C/c2cnn(-c3ccccc3)c2)cn1. The number of sulfonamides is 1. The van der Waals surface area contributed by atoms with E-state index in [1.807, 2.05) is 35.1 Å². The van der Waals surface area contributed by atoms with Crippen LogP contribution in [0.5, 0.6) is 0 Å². The molecule has 0 unspecified atom stereocenters. The van der Waals surface area contributed by atoms with Gasteiger partial charge >= 0.3 is 0 Å². The fraction of sp³-hybridized carbons (Fsp3) is 0.0625. The fourth-order valence-corrected chi connectivity index (χ4v) is 3.01. The van der Waals surface area contributed by atoms with Gasteiger partial charge in [0.1, 0.15) is 4.90 Å². The molecule has 0 bridgehead atoms. The fourth-order valence-electron chi connectivity index (χ4n) is 2.08. The van der Waals surface area contributed by atoms with Crippen LogP contribution in [-0.2, 0) is 21.9 Å². The van der Waals surface area contributed by atoms with Crippen LogP contribution in [0, 0.1) is 0 Å². The lowest BCUT2D eigenvalue weighted by atomic mass is 10.3. The molecule has 1 aromatic carbocycles. The number of rotatable bonds is 5. The predicted molar refractivity (Wildman–Crippen MR) is 91.1 cm³/mol. The van der Waals surface area contributed by atoms with Gasteiger partial charge in [-0.15, -0.1) is 0 Å². The number of amides is 1. The molecule has 0 aliphatic rings. The van der Waals surface area contributed by atoms with Crippen molar-refractivity contribution in [2.24, 2.45) is 7.05 Å². The number of carbonyl (C=O) groups excluding carboxylic acids is 1. The van der Waals surface area contributed by atoms with E-state index in [9.17, 15) is 13.2 Å². The molecule has 0 fully saturated rings. The van der Waals surface area contributed by atoms with Gasteiger partial charge < -0.3 is 0 Å². The summed E-state index contributed by atoms with van der Waals surface area (Å²) in [6.07, 6.45) is 8.41. The van der Waals surface area contributed by atoms with Crippen molar-refractivity contribution in [1.82, 2.24) is 24.3 Å². The Labute approximate surface area is 144 Å². The maximum Gasteiger partial charge on any atom is 0.267 e. The van der Waals surface area contributed by atoms with Gasteiger partial charge in [0.2, 0.25) is 0 Å². The summed E-state index contributed by atoms with van der Waals surface area (Å²) < 4.78 is 29.0. The van der Waals surface area contributed by atoms with E-state index >= 15 is 0 Å². The first-order valence-corrected chi connectivity index (χ1v) is 8.76. The van der Waals surface area contributed by atoms with Crippen LogP contribution < -0.4 is 4.72 Å². The van der Waals surface area contributed by atoms with Crippen LogP contribution in [0.2, 0.25) is 0 Å². The van der Waals surface area contributed by atoms with Crippen molar-refractivity contribution in [1.29, 1.82) is 0 Å². The zero-order valence-electron chi connectivity index (χ0n) is 13.3. The lowest BCUT2D eigenvalue weighted by Gasteiger charge is -2.01. The van der Waals surface area contributed by atoms with Crippen LogP contribution in [0.1, 0.15) is 5.56 Å². The summed E-state index contributed by atoms with van der Waals surface area (Å²) in [5.41, 5.74) is 1.54. The highest BCUT2D eigenvalue weighted by Crippen LogP contribution is 2.09. The lowest BCUT2D eigenvalue weighted by molar-refractivity contribution is -0.114. The van der Waals surface area contributed by atoms with Crippen molar-refractivity contribution in [2.45, 2.75) is 4.90 Å². The zero-order valence-corrected chi connectivity index (χ0v) is 14.1. The average Bonchev–Trinajstić information content (AvgIpc) is 3.23. The highest BCUT2D eigenvalue weighted by molar-refractivity contribution is 7.90. The smallest absolute Gasteiger partial charge is 0.267 e. The molecule has 1 N–H and O–H groups in total. The molecule has 0 saturated heterocycles. The largest absolute Gasteiger partial charge is 0.274 e. The molecule has 128 valence electrons. The van der Waals surface area contributed by atoms with Crippen LogP contribution in [0.15, 0.2) is 66.1 Å². The van der Waals surface area contributed by atoms with Crippen molar-refractivity contribution in [3.05, 3.63) is 66.8 Å². The molecule has 0 atom stereocenters. The first kappa shape index (κ1) is 16.7. The molecule has 2 aromatic heterocycles. The first-order valence-electron chi connectivity index (χ1n) is 7.28. The molecule has 9 heteroatoms. The minimum atomic E-state index is -3.94. The maximum absolute atomic E-state index is 12.0. The molecule has 0 aliphatic carbocycles. The van der Waals surface area contributed by atoms with Gasteiger partial charge in [0.25, 0.3) is 15.9 Å². The molecule has 3 rings (SSSR count). The number of nitrogens with zero attached hydrogens (tertiary/aromatic N) is 4. The summed E-state index contributed by atoms with van der Waals surface area (Å²) in [5, 5.41) is 7.97. The Morgan fingerprint density at radius 1 is 1.12 bits per heavy atom. The van der Waals surface area contributed by atoms with Crippen LogP contribution in [0.25, 0.3) is 11.8 Å². The summed E-state index contributed by atoms with van der Waals surface area (Å²) in [4.78, 5) is 11.8. The third-order valence-corrected chi connectivity index (χ3v) is 4.58. The second-order valence-electron chi connectivity index (χ2n) is 5.21. The van der Waals surface area contributed by atoms with Crippen molar-refractivity contribution in [3.63, 3.8) is 0 Å². The maximum atomic E-state index is 12.0. The number of hydrogen-bond acceptors (Lipinski definition) is 5. The van der Waals surface area contributed by atoms with Gasteiger partial charge in [-0.25, -0.2) is 17.8 Å². The number of carbonyl (C=O) groups is 1.